The van der Waals surface area contributed by atoms with Crippen LogP contribution in [0, 0.1) is 6.92 Å². The number of carbonyl (C=O) groups excluding carboxylic acids is 1. The second-order valence-electron chi connectivity index (χ2n) is 6.35. The normalized spacial score (nSPS) is 14.7. The molecule has 2 aliphatic heterocycles. The molecule has 140 valence electrons. The molecule has 5 rings (SSSR count). The van der Waals surface area contributed by atoms with Crippen LogP contribution in [-0.4, -0.2) is 48.5 Å². The molecule has 8 nitrogen and oxygen atoms in total. The van der Waals surface area contributed by atoms with Crippen LogP contribution in [0.4, 0.5) is 4.79 Å². The van der Waals surface area contributed by atoms with Gasteiger partial charge in [-0.2, -0.15) is 5.10 Å². The molecule has 1 saturated heterocycles. The third-order valence-corrected chi connectivity index (χ3v) is 5.22. The van der Waals surface area contributed by atoms with Crippen LogP contribution in [0.2, 0.25) is 0 Å². The molecule has 0 saturated carbocycles. The second kappa shape index (κ2) is 6.65. The number of aryl methyl sites for hydroxylation is 1. The minimum Gasteiger partial charge on any atom is -0.448 e. The third kappa shape index (κ3) is 2.90. The Hall–Kier alpha value is -2.39. The molecule has 0 spiro atoms. The zero-order valence-corrected chi connectivity index (χ0v) is 16.8. The van der Waals surface area contributed by atoms with Gasteiger partial charge in [0, 0.05) is 10.0 Å². The SMILES string of the molecule is Cc1ncn2c1Cn1nc(CN3CCOC3=O)nc1-c1cc(Br)ccc1-2.Cl. The van der Waals surface area contributed by atoms with Gasteiger partial charge in [-0.05, 0) is 25.1 Å². The van der Waals surface area contributed by atoms with E-state index < -0.39 is 0 Å². The second-order valence-corrected chi connectivity index (χ2v) is 7.27. The number of halogens is 2. The van der Waals surface area contributed by atoms with E-state index in [0.717, 1.165) is 32.9 Å². The third-order valence-electron chi connectivity index (χ3n) is 4.73. The van der Waals surface area contributed by atoms with Gasteiger partial charge in [0.15, 0.2) is 11.6 Å². The van der Waals surface area contributed by atoms with Crippen molar-refractivity contribution in [2.75, 3.05) is 13.2 Å². The molecule has 1 fully saturated rings. The summed E-state index contributed by atoms with van der Waals surface area (Å²) in [6.45, 7) is 3.90. The number of aromatic nitrogens is 5. The van der Waals surface area contributed by atoms with Gasteiger partial charge >= 0.3 is 6.09 Å². The van der Waals surface area contributed by atoms with Crippen LogP contribution >= 0.6 is 28.3 Å². The maximum Gasteiger partial charge on any atom is 0.410 e. The summed E-state index contributed by atoms with van der Waals surface area (Å²) >= 11 is 3.55. The van der Waals surface area contributed by atoms with Crippen LogP contribution in [-0.2, 0) is 17.8 Å². The van der Waals surface area contributed by atoms with E-state index in [1.165, 1.54) is 0 Å². The largest absolute Gasteiger partial charge is 0.448 e. The van der Waals surface area contributed by atoms with Crippen molar-refractivity contribution in [1.29, 1.82) is 0 Å². The molecule has 0 unspecified atom stereocenters. The number of nitrogens with zero attached hydrogens (tertiary/aromatic N) is 6. The van der Waals surface area contributed by atoms with Gasteiger partial charge in [-0.1, -0.05) is 15.9 Å². The van der Waals surface area contributed by atoms with Gasteiger partial charge < -0.3 is 9.30 Å². The van der Waals surface area contributed by atoms with Gasteiger partial charge in [0.25, 0.3) is 0 Å². The number of benzene rings is 1. The van der Waals surface area contributed by atoms with E-state index in [0.29, 0.717) is 32.1 Å². The van der Waals surface area contributed by atoms with Crippen LogP contribution in [0.25, 0.3) is 17.1 Å². The molecule has 2 aromatic heterocycles. The summed E-state index contributed by atoms with van der Waals surface area (Å²) in [7, 11) is 0. The highest BCUT2D eigenvalue weighted by molar-refractivity contribution is 9.10. The number of hydrogen-bond acceptors (Lipinski definition) is 5. The van der Waals surface area contributed by atoms with E-state index in [1.54, 1.807) is 4.90 Å². The molecule has 1 amide bonds. The maximum atomic E-state index is 11.7. The smallest absolute Gasteiger partial charge is 0.410 e. The maximum absolute atomic E-state index is 11.7. The van der Waals surface area contributed by atoms with Crippen LogP contribution in [0.1, 0.15) is 17.2 Å². The standard InChI is InChI=1S/C17H15BrN6O2.ClH/c1-10-14-7-24-16(20-15(21-24)8-22-4-5-26-17(22)25)12-6-11(18)2-3-13(12)23(14)9-19-10;/h2-3,6,9H,4-5,7-8H2,1H3;1H. The fraction of sp³-hybridized carbons (Fsp3) is 0.294. The first-order chi connectivity index (χ1) is 12.6. The van der Waals surface area contributed by atoms with Crippen molar-refractivity contribution in [2.24, 2.45) is 0 Å². The van der Waals surface area contributed by atoms with Gasteiger partial charge in [0.2, 0.25) is 0 Å². The molecule has 0 radical (unpaired) electrons. The highest BCUT2D eigenvalue weighted by Crippen LogP contribution is 2.33. The molecule has 0 atom stereocenters. The highest BCUT2D eigenvalue weighted by atomic mass is 79.9. The Balaban J connectivity index is 0.00000180. The quantitative estimate of drug-likeness (QED) is 0.468. The number of fused-ring (bicyclic) bond motifs is 5. The van der Waals surface area contributed by atoms with E-state index in [4.69, 9.17) is 9.72 Å². The Morgan fingerprint density at radius 3 is 2.96 bits per heavy atom. The first-order valence-corrected chi connectivity index (χ1v) is 9.08. The minimum absolute atomic E-state index is 0. The van der Waals surface area contributed by atoms with Gasteiger partial charge in [0.1, 0.15) is 6.61 Å². The molecule has 0 N–H and O–H groups in total. The van der Waals surface area contributed by atoms with Gasteiger partial charge in [0.05, 0.1) is 43.0 Å². The lowest BCUT2D eigenvalue weighted by atomic mass is 10.1. The number of ether oxygens (including phenoxy) is 1. The van der Waals surface area contributed by atoms with Crippen molar-refractivity contribution in [3.63, 3.8) is 0 Å². The Morgan fingerprint density at radius 2 is 2.19 bits per heavy atom. The molecule has 0 bridgehead atoms. The summed E-state index contributed by atoms with van der Waals surface area (Å²) in [5.41, 5.74) is 4.02. The summed E-state index contributed by atoms with van der Waals surface area (Å²) in [5, 5.41) is 4.66. The van der Waals surface area contributed by atoms with Crippen LogP contribution in [0.3, 0.4) is 0 Å². The fourth-order valence-corrected chi connectivity index (χ4v) is 3.77. The van der Waals surface area contributed by atoms with E-state index in [2.05, 4.69) is 30.6 Å². The Morgan fingerprint density at radius 1 is 1.33 bits per heavy atom. The minimum atomic E-state index is -0.313. The van der Waals surface area contributed by atoms with Gasteiger partial charge in [-0.15, -0.1) is 12.4 Å². The number of rotatable bonds is 2. The zero-order chi connectivity index (χ0) is 17.8. The first-order valence-electron chi connectivity index (χ1n) is 8.28. The van der Waals surface area contributed by atoms with Crippen LogP contribution in [0.15, 0.2) is 29.0 Å². The molecular formula is C17H16BrClN6O2. The predicted octanol–water partition coefficient (Wildman–Crippen LogP) is 2.94. The Labute approximate surface area is 169 Å². The lowest BCUT2D eigenvalue weighted by Gasteiger charge is -2.10. The Bertz CT molecular complexity index is 1050. The molecule has 0 aliphatic carbocycles. The number of cyclic esters (lactones) is 1. The first kappa shape index (κ1) is 18.0. The molecule has 2 aliphatic rings. The molecule has 3 aromatic rings. The average Bonchev–Trinajstić information content (AvgIpc) is 3.28. The van der Waals surface area contributed by atoms with E-state index in [9.17, 15) is 4.79 Å². The van der Waals surface area contributed by atoms with E-state index in [1.807, 2.05) is 36.1 Å². The summed E-state index contributed by atoms with van der Waals surface area (Å²) < 4.78 is 9.93. The lowest BCUT2D eigenvalue weighted by Crippen LogP contribution is -2.24. The van der Waals surface area contributed by atoms with Crippen molar-refractivity contribution < 1.29 is 9.53 Å². The summed E-state index contributed by atoms with van der Waals surface area (Å²) in [6, 6.07) is 6.09. The van der Waals surface area contributed by atoms with Crippen LogP contribution < -0.4 is 0 Å². The predicted molar refractivity (Wildman–Crippen MR) is 103 cm³/mol. The Kier molecular flexibility index (Phi) is 4.43. The molecule has 27 heavy (non-hydrogen) atoms. The number of carbonyl (C=O) groups is 1. The molecule has 1 aromatic carbocycles. The van der Waals surface area contributed by atoms with Crippen molar-refractivity contribution in [2.45, 2.75) is 20.0 Å². The van der Waals surface area contributed by atoms with Gasteiger partial charge in [-0.3, -0.25) is 4.90 Å². The lowest BCUT2D eigenvalue weighted by molar-refractivity contribution is 0.156. The molecule has 4 heterocycles. The molecular weight excluding hydrogens is 436 g/mol. The van der Waals surface area contributed by atoms with Crippen molar-refractivity contribution in [1.82, 2.24) is 29.2 Å². The summed E-state index contributed by atoms with van der Waals surface area (Å²) in [4.78, 5) is 22.5. The number of imidazole rings is 1. The summed E-state index contributed by atoms with van der Waals surface area (Å²) in [5.74, 6) is 1.39. The van der Waals surface area contributed by atoms with E-state index in [-0.39, 0.29) is 18.5 Å². The van der Waals surface area contributed by atoms with Crippen LogP contribution in [0.5, 0.6) is 0 Å². The molecule has 10 heteroatoms. The van der Waals surface area contributed by atoms with Crippen molar-refractivity contribution in [3.05, 3.63) is 46.2 Å². The highest BCUT2D eigenvalue weighted by Gasteiger charge is 2.27. The fourth-order valence-electron chi connectivity index (χ4n) is 3.41. The number of amides is 1. The monoisotopic (exact) mass is 450 g/mol. The summed E-state index contributed by atoms with van der Waals surface area (Å²) in [6.07, 6.45) is 1.53. The topological polar surface area (TPSA) is 78.1 Å². The van der Waals surface area contributed by atoms with Crippen molar-refractivity contribution >= 4 is 34.4 Å². The number of hydrogen-bond donors (Lipinski definition) is 0. The van der Waals surface area contributed by atoms with E-state index >= 15 is 0 Å². The average molecular weight is 452 g/mol. The van der Waals surface area contributed by atoms with Crippen molar-refractivity contribution in [3.8, 4) is 17.1 Å². The van der Waals surface area contributed by atoms with Gasteiger partial charge in [-0.25, -0.2) is 19.4 Å². The zero-order valence-electron chi connectivity index (χ0n) is 14.4.